The minimum atomic E-state index is -0.237. The summed E-state index contributed by atoms with van der Waals surface area (Å²) in [6, 6.07) is 15.0. The molecule has 0 saturated carbocycles. The molecule has 5 rings (SSSR count). The molecule has 2 aromatic carbocycles. The number of carbonyl (C=O) groups is 2. The Balaban J connectivity index is 1.20. The molecule has 9 heteroatoms. The zero-order chi connectivity index (χ0) is 24.9. The van der Waals surface area contributed by atoms with E-state index in [-0.39, 0.29) is 17.9 Å². The Bertz CT molecular complexity index is 1270. The highest BCUT2D eigenvalue weighted by atomic mass is 35.5. The van der Waals surface area contributed by atoms with Gasteiger partial charge in [-0.3, -0.25) is 9.59 Å². The van der Waals surface area contributed by atoms with Crippen LogP contribution < -0.4 is 10.1 Å². The smallest absolute Gasteiger partial charge is 0.254 e. The van der Waals surface area contributed by atoms with Crippen LogP contribution in [0.15, 0.2) is 60.8 Å². The summed E-state index contributed by atoms with van der Waals surface area (Å²) in [5.74, 6) is 0.425. The van der Waals surface area contributed by atoms with E-state index in [0.717, 1.165) is 16.7 Å². The van der Waals surface area contributed by atoms with Gasteiger partial charge in [-0.2, -0.15) is 10.2 Å². The van der Waals surface area contributed by atoms with Gasteiger partial charge in [0.2, 0.25) is 5.91 Å². The van der Waals surface area contributed by atoms with E-state index in [1.54, 1.807) is 24.4 Å². The third-order valence-electron chi connectivity index (χ3n) is 6.12. The summed E-state index contributed by atoms with van der Waals surface area (Å²) in [6.45, 7) is 2.72. The van der Waals surface area contributed by atoms with Gasteiger partial charge in [0.25, 0.3) is 5.91 Å². The van der Waals surface area contributed by atoms with E-state index in [9.17, 15) is 9.59 Å². The molecule has 184 valence electrons. The minimum absolute atomic E-state index is 0.0154. The standard InChI is InChI=1S/C27H25ClN4O4/c28-24-16-20(18-3-5-19(6-4-18)27(34)32-10-12-35-13-11-32)14-21-15-23(36-26(21)24)17-29-25(33)8-7-22-2-1-9-30-31-22/h1-9,14,16,23H,10-13,15,17H2,(H,29,33). The first-order valence-electron chi connectivity index (χ1n) is 11.8. The maximum absolute atomic E-state index is 12.7. The lowest BCUT2D eigenvalue weighted by molar-refractivity contribution is -0.116. The SMILES string of the molecule is O=C(C=Cc1cccnn1)NCC1Cc2cc(-c3ccc(C(=O)N4CCOCC4)cc3)cc(Cl)c2O1. The Kier molecular flexibility index (Phi) is 7.25. The second-order valence-corrected chi connectivity index (χ2v) is 9.01. The number of benzene rings is 2. The molecule has 0 aliphatic carbocycles. The fourth-order valence-corrected chi connectivity index (χ4v) is 4.54. The maximum Gasteiger partial charge on any atom is 0.254 e. The lowest BCUT2D eigenvalue weighted by atomic mass is 9.99. The van der Waals surface area contributed by atoms with Crippen LogP contribution in [0, 0.1) is 0 Å². The van der Waals surface area contributed by atoms with Gasteiger partial charge in [-0.15, -0.1) is 0 Å². The molecule has 0 radical (unpaired) electrons. The number of aromatic nitrogens is 2. The summed E-state index contributed by atoms with van der Waals surface area (Å²) in [5, 5.41) is 11.1. The van der Waals surface area contributed by atoms with Gasteiger partial charge in [0.15, 0.2) is 0 Å². The normalized spacial score (nSPS) is 17.0. The molecule has 2 aliphatic rings. The van der Waals surface area contributed by atoms with Crippen LogP contribution in [0.1, 0.15) is 21.6 Å². The van der Waals surface area contributed by atoms with E-state index in [1.807, 2.05) is 35.2 Å². The van der Waals surface area contributed by atoms with E-state index in [1.165, 1.54) is 6.08 Å². The Morgan fingerprint density at radius 2 is 1.92 bits per heavy atom. The molecule has 8 nitrogen and oxygen atoms in total. The Morgan fingerprint density at radius 1 is 1.11 bits per heavy atom. The minimum Gasteiger partial charge on any atom is -0.486 e. The number of halogens is 1. The van der Waals surface area contributed by atoms with Crippen LogP contribution in [0.4, 0.5) is 0 Å². The highest BCUT2D eigenvalue weighted by Crippen LogP contribution is 2.39. The van der Waals surface area contributed by atoms with Crippen LogP contribution in [-0.2, 0) is 16.0 Å². The number of hydrogen-bond acceptors (Lipinski definition) is 6. The molecule has 1 saturated heterocycles. The van der Waals surface area contributed by atoms with Crippen molar-refractivity contribution in [3.05, 3.63) is 82.6 Å². The second-order valence-electron chi connectivity index (χ2n) is 8.60. The van der Waals surface area contributed by atoms with Gasteiger partial charge in [0.05, 0.1) is 30.5 Å². The van der Waals surface area contributed by atoms with Gasteiger partial charge in [0.1, 0.15) is 11.9 Å². The third kappa shape index (κ3) is 5.56. The number of morpholine rings is 1. The summed E-state index contributed by atoms with van der Waals surface area (Å²) >= 11 is 6.54. The van der Waals surface area contributed by atoms with Crippen LogP contribution in [0.2, 0.25) is 5.02 Å². The summed E-state index contributed by atoms with van der Waals surface area (Å²) in [6.07, 6.45) is 5.02. The van der Waals surface area contributed by atoms with Crippen molar-refractivity contribution < 1.29 is 19.1 Å². The maximum atomic E-state index is 12.7. The molecular weight excluding hydrogens is 480 g/mol. The molecule has 1 fully saturated rings. The summed E-state index contributed by atoms with van der Waals surface area (Å²) in [5.41, 5.74) is 4.16. The number of carbonyl (C=O) groups excluding carboxylic acids is 2. The molecule has 3 aromatic rings. The zero-order valence-electron chi connectivity index (χ0n) is 19.5. The topological polar surface area (TPSA) is 93.7 Å². The van der Waals surface area contributed by atoms with Crippen molar-refractivity contribution in [2.45, 2.75) is 12.5 Å². The molecular formula is C27H25ClN4O4. The van der Waals surface area contributed by atoms with Gasteiger partial charge in [0, 0.05) is 42.9 Å². The number of ether oxygens (including phenoxy) is 2. The first-order chi connectivity index (χ1) is 17.6. The van der Waals surface area contributed by atoms with Crippen molar-refractivity contribution in [2.75, 3.05) is 32.8 Å². The lowest BCUT2D eigenvalue weighted by Gasteiger charge is -2.26. The third-order valence-corrected chi connectivity index (χ3v) is 6.40. The zero-order valence-corrected chi connectivity index (χ0v) is 20.3. The summed E-state index contributed by atoms with van der Waals surface area (Å²) in [4.78, 5) is 26.7. The van der Waals surface area contributed by atoms with Crippen molar-refractivity contribution in [3.63, 3.8) is 0 Å². The average Bonchev–Trinajstić information content (AvgIpc) is 3.35. The first-order valence-corrected chi connectivity index (χ1v) is 12.1. The Hall–Kier alpha value is -3.75. The van der Waals surface area contributed by atoms with Gasteiger partial charge in [-0.25, -0.2) is 0 Å². The molecule has 0 bridgehead atoms. The molecule has 2 aliphatic heterocycles. The van der Waals surface area contributed by atoms with Crippen molar-refractivity contribution in [2.24, 2.45) is 0 Å². The van der Waals surface area contributed by atoms with Crippen LogP contribution in [0.5, 0.6) is 5.75 Å². The molecule has 3 heterocycles. The predicted molar refractivity (Wildman–Crippen MR) is 136 cm³/mol. The molecule has 1 N–H and O–H groups in total. The fraction of sp³-hybridized carbons (Fsp3) is 0.259. The Labute approximate surface area is 213 Å². The highest BCUT2D eigenvalue weighted by molar-refractivity contribution is 6.32. The van der Waals surface area contributed by atoms with Gasteiger partial charge in [-0.1, -0.05) is 23.7 Å². The van der Waals surface area contributed by atoms with Crippen LogP contribution in [-0.4, -0.2) is 65.9 Å². The van der Waals surface area contributed by atoms with Gasteiger partial charge in [-0.05, 0) is 53.6 Å². The average molecular weight is 505 g/mol. The first kappa shape index (κ1) is 24.0. The van der Waals surface area contributed by atoms with Crippen molar-refractivity contribution in [1.29, 1.82) is 0 Å². The predicted octanol–water partition coefficient (Wildman–Crippen LogP) is 3.40. The molecule has 1 unspecified atom stereocenters. The van der Waals surface area contributed by atoms with E-state index in [0.29, 0.717) is 61.3 Å². The molecule has 0 spiro atoms. The molecule has 1 atom stereocenters. The number of amides is 2. The van der Waals surface area contributed by atoms with Gasteiger partial charge < -0.3 is 19.7 Å². The number of fused-ring (bicyclic) bond motifs is 1. The Morgan fingerprint density at radius 3 is 2.67 bits per heavy atom. The summed E-state index contributed by atoms with van der Waals surface area (Å²) in [7, 11) is 0. The number of hydrogen-bond donors (Lipinski definition) is 1. The van der Waals surface area contributed by atoms with E-state index < -0.39 is 0 Å². The molecule has 1 aromatic heterocycles. The lowest BCUT2D eigenvalue weighted by Crippen LogP contribution is -2.40. The molecule has 36 heavy (non-hydrogen) atoms. The number of rotatable bonds is 6. The van der Waals surface area contributed by atoms with E-state index in [2.05, 4.69) is 21.6 Å². The number of nitrogens with one attached hydrogen (secondary N) is 1. The fourth-order valence-electron chi connectivity index (χ4n) is 4.26. The monoisotopic (exact) mass is 504 g/mol. The highest BCUT2D eigenvalue weighted by Gasteiger charge is 2.26. The van der Waals surface area contributed by atoms with Crippen LogP contribution in [0.3, 0.4) is 0 Å². The second kappa shape index (κ2) is 10.9. The largest absolute Gasteiger partial charge is 0.486 e. The van der Waals surface area contributed by atoms with Gasteiger partial charge >= 0.3 is 0 Å². The van der Waals surface area contributed by atoms with Crippen molar-refractivity contribution >= 4 is 29.5 Å². The quantitative estimate of drug-likeness (QED) is 0.517. The van der Waals surface area contributed by atoms with Crippen LogP contribution in [0.25, 0.3) is 17.2 Å². The number of nitrogens with zero attached hydrogens (tertiary/aromatic N) is 3. The molecule has 2 amide bonds. The van der Waals surface area contributed by atoms with E-state index in [4.69, 9.17) is 21.1 Å². The summed E-state index contributed by atoms with van der Waals surface area (Å²) < 4.78 is 11.3. The van der Waals surface area contributed by atoms with Crippen molar-refractivity contribution in [3.8, 4) is 16.9 Å². The van der Waals surface area contributed by atoms with Crippen LogP contribution >= 0.6 is 11.6 Å². The van der Waals surface area contributed by atoms with E-state index >= 15 is 0 Å². The van der Waals surface area contributed by atoms with Crippen molar-refractivity contribution in [1.82, 2.24) is 20.4 Å².